The second kappa shape index (κ2) is 4.64. The molecule has 0 spiro atoms. The van der Waals surface area contributed by atoms with E-state index in [4.69, 9.17) is 11.0 Å². The lowest BCUT2D eigenvalue weighted by Crippen LogP contribution is -2.04. The highest BCUT2D eigenvalue weighted by molar-refractivity contribution is 7.07. The first-order chi connectivity index (χ1) is 7.79. The number of nitrogens with two attached hydrogens (primary N) is 1. The van der Waals surface area contributed by atoms with Crippen molar-refractivity contribution in [1.29, 1.82) is 5.26 Å². The molecule has 3 N–H and O–H groups in total. The average molecular weight is 230 g/mol. The molecule has 0 saturated heterocycles. The normalized spacial score (nSPS) is 9.69. The van der Waals surface area contributed by atoms with Crippen LogP contribution in [0.3, 0.4) is 0 Å². The summed E-state index contributed by atoms with van der Waals surface area (Å²) in [6.07, 6.45) is 1.51. The fraction of sp³-hybridized carbons (Fsp3) is 0.0909. The summed E-state index contributed by atoms with van der Waals surface area (Å²) < 4.78 is 0. The van der Waals surface area contributed by atoms with Gasteiger partial charge in [0.25, 0.3) is 0 Å². The molecule has 4 nitrogen and oxygen atoms in total. The zero-order valence-electron chi connectivity index (χ0n) is 8.47. The van der Waals surface area contributed by atoms with Crippen LogP contribution in [0.5, 0.6) is 0 Å². The van der Waals surface area contributed by atoms with Crippen molar-refractivity contribution in [3.63, 3.8) is 0 Å². The summed E-state index contributed by atoms with van der Waals surface area (Å²) in [5.41, 5.74) is 7.92. The van der Waals surface area contributed by atoms with Gasteiger partial charge < -0.3 is 11.1 Å². The minimum Gasteiger partial charge on any atom is -0.396 e. The summed E-state index contributed by atoms with van der Waals surface area (Å²) >= 11 is 1.65. The molecule has 2 aromatic heterocycles. The number of aromatic nitrogens is 1. The maximum atomic E-state index is 8.67. The second-order valence-corrected chi connectivity index (χ2v) is 4.04. The quantitative estimate of drug-likeness (QED) is 0.847. The summed E-state index contributed by atoms with van der Waals surface area (Å²) in [7, 11) is 0. The number of hydrogen-bond donors (Lipinski definition) is 2. The fourth-order valence-electron chi connectivity index (χ4n) is 1.27. The van der Waals surface area contributed by atoms with Gasteiger partial charge in [-0.05, 0) is 28.5 Å². The van der Waals surface area contributed by atoms with E-state index in [0.717, 1.165) is 0 Å². The molecule has 0 atom stereocenters. The van der Waals surface area contributed by atoms with Crippen LogP contribution in [0.2, 0.25) is 0 Å². The van der Waals surface area contributed by atoms with Gasteiger partial charge in [-0.3, -0.25) is 0 Å². The van der Waals surface area contributed by atoms with E-state index in [-0.39, 0.29) is 0 Å². The molecule has 2 heterocycles. The molecule has 0 aliphatic heterocycles. The van der Waals surface area contributed by atoms with Crippen molar-refractivity contribution in [3.8, 4) is 6.07 Å². The number of nitrogens with one attached hydrogen (secondary N) is 1. The number of thiophene rings is 1. The topological polar surface area (TPSA) is 74.7 Å². The number of nitrogens with zero attached hydrogens (tertiary/aromatic N) is 2. The Hall–Kier alpha value is -2.06. The maximum Gasteiger partial charge on any atom is 0.149 e. The number of nitrogen functional groups attached to an aromatic ring is 1. The molecule has 0 aromatic carbocycles. The van der Waals surface area contributed by atoms with Crippen LogP contribution < -0.4 is 11.1 Å². The van der Waals surface area contributed by atoms with E-state index in [1.54, 1.807) is 17.4 Å². The lowest BCUT2D eigenvalue weighted by molar-refractivity contribution is 1.12. The molecule has 0 aliphatic carbocycles. The van der Waals surface area contributed by atoms with E-state index in [2.05, 4.69) is 15.7 Å². The molecular formula is C11H10N4S. The molecule has 0 radical (unpaired) electrons. The van der Waals surface area contributed by atoms with Gasteiger partial charge in [-0.2, -0.15) is 16.6 Å². The Morgan fingerprint density at radius 2 is 2.44 bits per heavy atom. The van der Waals surface area contributed by atoms with Crippen LogP contribution in [0.15, 0.2) is 29.1 Å². The van der Waals surface area contributed by atoms with Crippen LogP contribution in [0.4, 0.5) is 11.5 Å². The van der Waals surface area contributed by atoms with Crippen molar-refractivity contribution in [2.75, 3.05) is 11.1 Å². The van der Waals surface area contributed by atoms with E-state index in [9.17, 15) is 0 Å². The maximum absolute atomic E-state index is 8.67. The smallest absolute Gasteiger partial charge is 0.149 e. The molecule has 2 rings (SSSR count). The van der Waals surface area contributed by atoms with E-state index in [0.29, 0.717) is 23.6 Å². The highest BCUT2D eigenvalue weighted by atomic mass is 32.1. The molecule has 0 aliphatic rings. The number of pyridine rings is 1. The Morgan fingerprint density at radius 3 is 3.06 bits per heavy atom. The minimum absolute atomic E-state index is 0.471. The van der Waals surface area contributed by atoms with Gasteiger partial charge in [0.15, 0.2) is 0 Å². The molecule has 80 valence electrons. The third kappa shape index (κ3) is 2.30. The summed E-state index contributed by atoms with van der Waals surface area (Å²) in [4.78, 5) is 4.09. The van der Waals surface area contributed by atoms with E-state index in [1.165, 1.54) is 11.8 Å². The third-order valence-electron chi connectivity index (χ3n) is 2.09. The molecule has 0 amide bonds. The van der Waals surface area contributed by atoms with Crippen molar-refractivity contribution in [1.82, 2.24) is 4.98 Å². The zero-order chi connectivity index (χ0) is 11.4. The van der Waals surface area contributed by atoms with Crippen LogP contribution in [-0.4, -0.2) is 4.98 Å². The monoisotopic (exact) mass is 230 g/mol. The van der Waals surface area contributed by atoms with Gasteiger partial charge in [0.2, 0.25) is 0 Å². The predicted octanol–water partition coefficient (Wildman–Crippen LogP) is 2.21. The Balaban J connectivity index is 2.08. The molecular weight excluding hydrogens is 220 g/mol. The zero-order valence-corrected chi connectivity index (χ0v) is 9.29. The highest BCUT2D eigenvalue weighted by Crippen LogP contribution is 2.17. The van der Waals surface area contributed by atoms with Gasteiger partial charge in [0, 0.05) is 12.7 Å². The predicted molar refractivity (Wildman–Crippen MR) is 65.0 cm³/mol. The Morgan fingerprint density at radius 1 is 1.56 bits per heavy atom. The molecule has 2 aromatic rings. The third-order valence-corrected chi connectivity index (χ3v) is 2.82. The summed E-state index contributed by atoms with van der Waals surface area (Å²) in [6, 6.07) is 5.65. The molecule has 0 saturated carbocycles. The lowest BCUT2D eigenvalue weighted by Gasteiger charge is -2.06. The summed E-state index contributed by atoms with van der Waals surface area (Å²) in [5, 5.41) is 15.9. The van der Waals surface area contributed by atoms with Crippen molar-refractivity contribution in [2.45, 2.75) is 6.54 Å². The highest BCUT2D eigenvalue weighted by Gasteiger charge is 2.02. The van der Waals surface area contributed by atoms with Crippen molar-refractivity contribution in [2.24, 2.45) is 0 Å². The largest absolute Gasteiger partial charge is 0.396 e. The van der Waals surface area contributed by atoms with Crippen molar-refractivity contribution in [3.05, 3.63) is 40.2 Å². The van der Waals surface area contributed by atoms with Gasteiger partial charge >= 0.3 is 0 Å². The van der Waals surface area contributed by atoms with Gasteiger partial charge in [0.05, 0.1) is 11.3 Å². The van der Waals surface area contributed by atoms with Gasteiger partial charge in [-0.25, -0.2) is 4.98 Å². The van der Waals surface area contributed by atoms with E-state index < -0.39 is 0 Å². The number of hydrogen-bond acceptors (Lipinski definition) is 5. The van der Waals surface area contributed by atoms with Crippen LogP contribution >= 0.6 is 11.3 Å². The van der Waals surface area contributed by atoms with E-state index in [1.807, 2.05) is 17.5 Å². The summed E-state index contributed by atoms with van der Waals surface area (Å²) in [6.45, 7) is 0.687. The van der Waals surface area contributed by atoms with Gasteiger partial charge in [0.1, 0.15) is 11.9 Å². The Bertz CT molecular complexity index is 513. The van der Waals surface area contributed by atoms with Crippen LogP contribution in [-0.2, 0) is 6.54 Å². The summed E-state index contributed by atoms with van der Waals surface area (Å²) in [5.74, 6) is 0.616. The molecule has 5 heteroatoms. The molecule has 0 fully saturated rings. The molecule has 16 heavy (non-hydrogen) atoms. The van der Waals surface area contributed by atoms with E-state index >= 15 is 0 Å². The number of rotatable bonds is 3. The average Bonchev–Trinajstić information content (AvgIpc) is 2.80. The Labute approximate surface area is 97.4 Å². The van der Waals surface area contributed by atoms with Gasteiger partial charge in [-0.1, -0.05) is 0 Å². The lowest BCUT2D eigenvalue weighted by atomic mass is 10.2. The SMILES string of the molecule is N#Cc1cnc(NCc2ccsc2)c(N)c1. The van der Waals surface area contributed by atoms with Crippen molar-refractivity contribution < 1.29 is 0 Å². The van der Waals surface area contributed by atoms with Gasteiger partial charge in [-0.15, -0.1) is 0 Å². The van der Waals surface area contributed by atoms with Crippen LogP contribution in [0.25, 0.3) is 0 Å². The first-order valence-electron chi connectivity index (χ1n) is 4.70. The first kappa shape index (κ1) is 10.5. The number of anilines is 2. The standard InChI is InChI=1S/C11H10N4S/c12-4-9-3-10(13)11(15-6-9)14-5-8-1-2-16-7-8/h1-3,6-7H,5,13H2,(H,14,15). The minimum atomic E-state index is 0.471. The molecule has 0 unspecified atom stereocenters. The second-order valence-electron chi connectivity index (χ2n) is 3.26. The van der Waals surface area contributed by atoms with Crippen molar-refractivity contribution >= 4 is 22.8 Å². The number of nitriles is 1. The van der Waals surface area contributed by atoms with Crippen LogP contribution in [0, 0.1) is 11.3 Å². The first-order valence-corrected chi connectivity index (χ1v) is 5.64. The van der Waals surface area contributed by atoms with Crippen LogP contribution in [0.1, 0.15) is 11.1 Å². The fourth-order valence-corrected chi connectivity index (χ4v) is 1.94. The Kier molecular flexibility index (Phi) is 3.03. The molecule has 0 bridgehead atoms.